The van der Waals surface area contributed by atoms with Crippen molar-refractivity contribution in [1.82, 2.24) is 10.6 Å². The van der Waals surface area contributed by atoms with Crippen LogP contribution in [0.1, 0.15) is 51.9 Å². The normalized spacial score (nSPS) is 17.8. The first kappa shape index (κ1) is 19.4. The van der Waals surface area contributed by atoms with Gasteiger partial charge < -0.3 is 10.6 Å². The molecule has 1 saturated heterocycles. The fourth-order valence-electron chi connectivity index (χ4n) is 2.23. The van der Waals surface area contributed by atoms with Crippen LogP contribution in [-0.4, -0.2) is 35.9 Å². The van der Waals surface area contributed by atoms with Gasteiger partial charge in [-0.05, 0) is 38.7 Å². The summed E-state index contributed by atoms with van der Waals surface area (Å²) < 4.78 is 0. The van der Waals surface area contributed by atoms with Crippen molar-refractivity contribution in [3.05, 3.63) is 12.2 Å². The molecule has 0 saturated carbocycles. The van der Waals surface area contributed by atoms with Crippen LogP contribution in [0.2, 0.25) is 0 Å². The summed E-state index contributed by atoms with van der Waals surface area (Å²) in [5.41, 5.74) is 0. The minimum atomic E-state index is -0.0762. The fraction of sp³-hybridized carbons (Fsp3) is 0.750. The van der Waals surface area contributed by atoms with Crippen LogP contribution in [0.5, 0.6) is 0 Å². The number of carbonyl (C=O) groups excluding carboxylic acids is 2. The monoisotopic (exact) mass is 344 g/mol. The molecule has 126 valence electrons. The molecule has 0 spiro atoms. The lowest BCUT2D eigenvalue weighted by molar-refractivity contribution is -0.121. The van der Waals surface area contributed by atoms with Crippen molar-refractivity contribution in [2.24, 2.45) is 0 Å². The Hall–Kier alpha value is -0.620. The average Bonchev–Trinajstić information content (AvgIpc) is 3.00. The summed E-state index contributed by atoms with van der Waals surface area (Å²) in [6, 6.07) is 0. The zero-order valence-electron chi connectivity index (χ0n) is 13.4. The van der Waals surface area contributed by atoms with Crippen molar-refractivity contribution in [2.75, 3.05) is 18.8 Å². The number of hydrogen-bond acceptors (Lipinski definition) is 4. The van der Waals surface area contributed by atoms with Crippen LogP contribution in [0, 0.1) is 0 Å². The summed E-state index contributed by atoms with van der Waals surface area (Å²) in [7, 11) is 4.02. The Balaban J connectivity index is 1.85. The van der Waals surface area contributed by atoms with E-state index in [4.69, 9.17) is 0 Å². The SMILES string of the molecule is CC=CC(=O)NCCCNC(=O)CCCCCC1CCSS1. The molecule has 1 unspecified atom stereocenters. The number of allylic oxidation sites excluding steroid dienone is 1. The topological polar surface area (TPSA) is 58.2 Å². The van der Waals surface area contributed by atoms with E-state index in [1.165, 1.54) is 31.1 Å². The van der Waals surface area contributed by atoms with Crippen LogP contribution in [0.25, 0.3) is 0 Å². The first-order chi connectivity index (χ1) is 10.7. The molecule has 1 aliphatic rings. The van der Waals surface area contributed by atoms with Gasteiger partial charge in [0.15, 0.2) is 0 Å². The molecule has 0 aromatic rings. The standard InChI is InChI=1S/C16H28N2O2S2/c1-2-7-15(19)17-11-6-12-18-16(20)9-5-3-4-8-14-10-13-21-22-14/h2,7,14H,3-6,8-13H2,1H3,(H,17,19)(H,18,20). The van der Waals surface area contributed by atoms with Gasteiger partial charge in [-0.2, -0.15) is 0 Å². The highest BCUT2D eigenvalue weighted by atomic mass is 33.1. The molecule has 0 radical (unpaired) electrons. The summed E-state index contributed by atoms with van der Waals surface area (Å²) >= 11 is 0. The predicted molar refractivity (Wildman–Crippen MR) is 97.0 cm³/mol. The van der Waals surface area contributed by atoms with Crippen molar-refractivity contribution >= 4 is 33.4 Å². The molecular formula is C16H28N2O2S2. The van der Waals surface area contributed by atoms with E-state index in [2.05, 4.69) is 10.6 Å². The van der Waals surface area contributed by atoms with Crippen molar-refractivity contribution in [3.8, 4) is 0 Å². The largest absolute Gasteiger partial charge is 0.356 e. The number of unbranched alkanes of at least 4 members (excludes halogenated alkanes) is 2. The van der Waals surface area contributed by atoms with Crippen molar-refractivity contribution < 1.29 is 9.59 Å². The first-order valence-electron chi connectivity index (χ1n) is 8.18. The second-order valence-electron chi connectivity index (χ2n) is 5.42. The Morgan fingerprint density at radius 1 is 1.14 bits per heavy atom. The van der Waals surface area contributed by atoms with Crippen LogP contribution in [0.15, 0.2) is 12.2 Å². The van der Waals surface area contributed by atoms with Gasteiger partial charge in [0.25, 0.3) is 0 Å². The summed E-state index contributed by atoms with van der Waals surface area (Å²) in [4.78, 5) is 22.8. The third-order valence-corrected chi connectivity index (χ3v) is 6.46. The highest BCUT2D eigenvalue weighted by Crippen LogP contribution is 2.39. The third-order valence-electron chi connectivity index (χ3n) is 3.45. The lowest BCUT2D eigenvalue weighted by Crippen LogP contribution is -2.28. The Kier molecular flexibility index (Phi) is 11.4. The van der Waals surface area contributed by atoms with Gasteiger partial charge in [-0.25, -0.2) is 0 Å². The number of amides is 2. The fourth-order valence-corrected chi connectivity index (χ4v) is 5.25. The molecule has 0 aromatic carbocycles. The van der Waals surface area contributed by atoms with Crippen LogP contribution in [-0.2, 0) is 9.59 Å². The molecule has 1 fully saturated rings. The number of hydrogen-bond donors (Lipinski definition) is 2. The summed E-state index contributed by atoms with van der Waals surface area (Å²) in [6.07, 6.45) is 10.6. The number of nitrogens with one attached hydrogen (secondary N) is 2. The molecule has 4 nitrogen and oxygen atoms in total. The van der Waals surface area contributed by atoms with Gasteiger partial charge in [0.05, 0.1) is 0 Å². The molecular weight excluding hydrogens is 316 g/mol. The summed E-state index contributed by atoms with van der Waals surface area (Å²) in [5, 5.41) is 6.51. The first-order valence-corrected chi connectivity index (χ1v) is 10.6. The molecule has 0 aliphatic carbocycles. The highest BCUT2D eigenvalue weighted by molar-refractivity contribution is 8.77. The van der Waals surface area contributed by atoms with E-state index in [1.807, 2.05) is 28.5 Å². The molecule has 1 heterocycles. The molecule has 6 heteroatoms. The zero-order chi connectivity index (χ0) is 16.0. The maximum absolute atomic E-state index is 11.6. The Morgan fingerprint density at radius 3 is 2.68 bits per heavy atom. The second kappa shape index (κ2) is 12.9. The van der Waals surface area contributed by atoms with Gasteiger partial charge in [0.1, 0.15) is 0 Å². The molecule has 1 rings (SSSR count). The van der Waals surface area contributed by atoms with Gasteiger partial charge >= 0.3 is 0 Å². The van der Waals surface area contributed by atoms with E-state index in [0.29, 0.717) is 19.5 Å². The highest BCUT2D eigenvalue weighted by Gasteiger charge is 2.15. The minimum absolute atomic E-state index is 0.0762. The van der Waals surface area contributed by atoms with E-state index in [-0.39, 0.29) is 11.8 Å². The van der Waals surface area contributed by atoms with Gasteiger partial charge in [0, 0.05) is 30.5 Å². The molecule has 2 N–H and O–H groups in total. The van der Waals surface area contributed by atoms with Crippen LogP contribution >= 0.6 is 21.6 Å². The molecule has 22 heavy (non-hydrogen) atoms. The zero-order valence-corrected chi connectivity index (χ0v) is 15.1. The molecule has 1 atom stereocenters. The van der Waals surface area contributed by atoms with E-state index in [9.17, 15) is 9.59 Å². The number of carbonyl (C=O) groups is 2. The maximum Gasteiger partial charge on any atom is 0.243 e. The summed E-state index contributed by atoms with van der Waals surface area (Å²) in [5.74, 6) is 1.35. The second-order valence-corrected chi connectivity index (χ2v) is 8.21. The molecule has 0 bridgehead atoms. The van der Waals surface area contributed by atoms with Crippen molar-refractivity contribution in [3.63, 3.8) is 0 Å². The maximum atomic E-state index is 11.6. The van der Waals surface area contributed by atoms with E-state index in [1.54, 1.807) is 6.08 Å². The van der Waals surface area contributed by atoms with E-state index in [0.717, 1.165) is 24.5 Å². The van der Waals surface area contributed by atoms with Crippen LogP contribution in [0.4, 0.5) is 0 Å². The van der Waals surface area contributed by atoms with Crippen LogP contribution in [0.3, 0.4) is 0 Å². The smallest absolute Gasteiger partial charge is 0.243 e. The van der Waals surface area contributed by atoms with E-state index < -0.39 is 0 Å². The van der Waals surface area contributed by atoms with Crippen molar-refractivity contribution in [2.45, 2.75) is 57.1 Å². The van der Waals surface area contributed by atoms with Gasteiger partial charge in [-0.15, -0.1) is 0 Å². The van der Waals surface area contributed by atoms with Gasteiger partial charge in [-0.1, -0.05) is 40.5 Å². The third kappa shape index (κ3) is 10.2. The lowest BCUT2D eigenvalue weighted by atomic mass is 10.1. The lowest BCUT2D eigenvalue weighted by Gasteiger charge is -2.07. The number of rotatable bonds is 11. The minimum Gasteiger partial charge on any atom is -0.356 e. The van der Waals surface area contributed by atoms with Gasteiger partial charge in [-0.3, -0.25) is 9.59 Å². The quantitative estimate of drug-likeness (QED) is 0.343. The Labute approximate surface area is 142 Å². The van der Waals surface area contributed by atoms with E-state index >= 15 is 0 Å². The Morgan fingerprint density at radius 2 is 1.95 bits per heavy atom. The summed E-state index contributed by atoms with van der Waals surface area (Å²) in [6.45, 7) is 3.04. The van der Waals surface area contributed by atoms with Gasteiger partial charge in [0.2, 0.25) is 11.8 Å². The molecule has 0 aromatic heterocycles. The predicted octanol–water partition coefficient (Wildman–Crippen LogP) is 3.29. The molecule has 1 aliphatic heterocycles. The Bertz CT molecular complexity index is 356. The van der Waals surface area contributed by atoms with Crippen molar-refractivity contribution in [1.29, 1.82) is 0 Å². The average molecular weight is 345 g/mol. The molecule has 2 amide bonds. The van der Waals surface area contributed by atoms with Crippen LogP contribution < -0.4 is 10.6 Å².